The first kappa shape index (κ1) is 18.2. The Morgan fingerprint density at radius 1 is 1.15 bits per heavy atom. The molecule has 1 N–H and O–H groups in total. The van der Waals surface area contributed by atoms with Crippen LogP contribution in [0.25, 0.3) is 11.1 Å². The van der Waals surface area contributed by atoms with Gasteiger partial charge in [0, 0.05) is 29.8 Å². The van der Waals surface area contributed by atoms with Gasteiger partial charge in [-0.2, -0.15) is 5.10 Å². The molecular weight excluding hydrogens is 392 g/mol. The van der Waals surface area contributed by atoms with Crippen molar-refractivity contribution in [3.8, 4) is 11.1 Å². The second kappa shape index (κ2) is 7.74. The third kappa shape index (κ3) is 3.96. The van der Waals surface area contributed by atoms with Crippen molar-refractivity contribution in [1.29, 1.82) is 0 Å². The molecule has 0 aliphatic heterocycles. The van der Waals surface area contributed by atoms with Crippen molar-refractivity contribution in [3.63, 3.8) is 0 Å². The summed E-state index contributed by atoms with van der Waals surface area (Å²) in [6.45, 7) is 2.21. The lowest BCUT2D eigenvalue weighted by Gasteiger charge is -2.19. The van der Waals surface area contributed by atoms with Gasteiger partial charge in [0.15, 0.2) is 0 Å². The van der Waals surface area contributed by atoms with Crippen molar-refractivity contribution in [2.75, 3.05) is 23.8 Å². The smallest absolute Gasteiger partial charge is 0.245 e. The summed E-state index contributed by atoms with van der Waals surface area (Å²) in [7, 11) is 3.74. The Bertz CT molecular complexity index is 904. The fourth-order valence-corrected chi connectivity index (χ4v) is 3.19. The van der Waals surface area contributed by atoms with Gasteiger partial charge < -0.3 is 10.2 Å². The van der Waals surface area contributed by atoms with Gasteiger partial charge in [-0.25, -0.2) is 0 Å². The normalized spacial score (nSPS) is 10.6. The maximum Gasteiger partial charge on any atom is 0.245 e. The topological polar surface area (TPSA) is 50.2 Å². The summed E-state index contributed by atoms with van der Waals surface area (Å²) in [5.74, 6) is 0.619. The van der Waals surface area contributed by atoms with Gasteiger partial charge in [0.05, 0.1) is 12.2 Å². The summed E-state index contributed by atoms with van der Waals surface area (Å²) in [6.07, 6.45) is 0. The number of likely N-dealkylation sites (N-methyl/N-ethyl adjacent to an activating group) is 1. The third-order valence-corrected chi connectivity index (χ3v) is 4.72. The SMILES string of the molecule is Cc1nn(C)c(NC(=O)CN(C)c2ccccc2)c1-c1ccc(Br)cc1. The Kier molecular flexibility index (Phi) is 5.42. The molecule has 0 saturated heterocycles. The first-order valence-electron chi connectivity index (χ1n) is 8.31. The van der Waals surface area contributed by atoms with Crippen LogP contribution < -0.4 is 10.2 Å². The molecule has 0 fully saturated rings. The van der Waals surface area contributed by atoms with E-state index in [0.29, 0.717) is 5.82 Å². The van der Waals surface area contributed by atoms with Crippen LogP contribution in [0.5, 0.6) is 0 Å². The first-order valence-corrected chi connectivity index (χ1v) is 9.10. The van der Waals surface area contributed by atoms with Gasteiger partial charge in [0.2, 0.25) is 5.91 Å². The van der Waals surface area contributed by atoms with Crippen molar-refractivity contribution in [3.05, 3.63) is 64.8 Å². The van der Waals surface area contributed by atoms with Gasteiger partial charge in [0.1, 0.15) is 5.82 Å². The number of amides is 1. The van der Waals surface area contributed by atoms with Gasteiger partial charge in [0.25, 0.3) is 0 Å². The van der Waals surface area contributed by atoms with E-state index in [0.717, 1.165) is 27.0 Å². The van der Waals surface area contributed by atoms with E-state index in [4.69, 9.17) is 0 Å². The predicted octanol–water partition coefficient (Wildman–Crippen LogP) is 4.23. The summed E-state index contributed by atoms with van der Waals surface area (Å²) in [5, 5.41) is 7.50. The molecule has 2 aromatic carbocycles. The zero-order chi connectivity index (χ0) is 18.7. The summed E-state index contributed by atoms with van der Waals surface area (Å²) in [5.41, 5.74) is 3.83. The molecule has 0 atom stereocenters. The first-order chi connectivity index (χ1) is 12.5. The molecule has 3 aromatic rings. The van der Waals surface area contributed by atoms with E-state index in [1.54, 1.807) is 4.68 Å². The average molecular weight is 413 g/mol. The van der Waals surface area contributed by atoms with E-state index in [2.05, 4.69) is 26.3 Å². The minimum atomic E-state index is -0.0854. The molecule has 0 aliphatic rings. The van der Waals surface area contributed by atoms with E-state index in [-0.39, 0.29) is 12.5 Å². The zero-order valence-corrected chi connectivity index (χ0v) is 16.6. The Hall–Kier alpha value is -2.60. The Balaban J connectivity index is 1.81. The van der Waals surface area contributed by atoms with Crippen molar-refractivity contribution < 1.29 is 4.79 Å². The molecule has 0 radical (unpaired) electrons. The zero-order valence-electron chi connectivity index (χ0n) is 15.0. The van der Waals surface area contributed by atoms with Gasteiger partial charge in [-0.3, -0.25) is 9.48 Å². The summed E-state index contributed by atoms with van der Waals surface area (Å²) < 4.78 is 2.73. The van der Waals surface area contributed by atoms with E-state index < -0.39 is 0 Å². The van der Waals surface area contributed by atoms with Crippen LogP contribution in [0.15, 0.2) is 59.1 Å². The van der Waals surface area contributed by atoms with Gasteiger partial charge >= 0.3 is 0 Å². The highest BCUT2D eigenvalue weighted by atomic mass is 79.9. The van der Waals surface area contributed by atoms with Crippen LogP contribution in [-0.4, -0.2) is 29.3 Å². The standard InChI is InChI=1S/C20H21BrN4O/c1-14-19(15-9-11-16(21)12-10-15)20(25(3)23-14)22-18(26)13-24(2)17-7-5-4-6-8-17/h4-12H,13H2,1-3H3,(H,22,26). The second-order valence-electron chi connectivity index (χ2n) is 6.18. The minimum Gasteiger partial charge on any atom is -0.365 e. The largest absolute Gasteiger partial charge is 0.365 e. The average Bonchev–Trinajstić information content (AvgIpc) is 2.90. The lowest BCUT2D eigenvalue weighted by molar-refractivity contribution is -0.115. The molecule has 0 saturated carbocycles. The maximum absolute atomic E-state index is 12.6. The van der Waals surface area contributed by atoms with E-state index in [1.807, 2.05) is 80.5 Å². The Morgan fingerprint density at radius 3 is 2.46 bits per heavy atom. The van der Waals surface area contributed by atoms with Crippen LogP contribution >= 0.6 is 15.9 Å². The number of carbonyl (C=O) groups is 1. The highest BCUT2D eigenvalue weighted by molar-refractivity contribution is 9.10. The number of aromatic nitrogens is 2. The van der Waals surface area contributed by atoms with Crippen LogP contribution in [0, 0.1) is 6.92 Å². The summed E-state index contributed by atoms with van der Waals surface area (Å²) in [4.78, 5) is 14.5. The highest BCUT2D eigenvalue weighted by Gasteiger charge is 2.18. The van der Waals surface area contributed by atoms with Crippen molar-refractivity contribution >= 4 is 33.3 Å². The van der Waals surface area contributed by atoms with Crippen molar-refractivity contribution in [2.45, 2.75) is 6.92 Å². The number of rotatable bonds is 5. The quantitative estimate of drug-likeness (QED) is 0.681. The molecule has 6 heteroatoms. The lowest BCUT2D eigenvalue weighted by Crippen LogP contribution is -2.30. The molecule has 134 valence electrons. The minimum absolute atomic E-state index is 0.0854. The Labute approximate surface area is 161 Å². The van der Waals surface area contributed by atoms with E-state index in [1.165, 1.54) is 0 Å². The molecule has 3 rings (SSSR count). The number of nitrogens with one attached hydrogen (secondary N) is 1. The fourth-order valence-electron chi connectivity index (χ4n) is 2.92. The number of benzene rings is 2. The van der Waals surface area contributed by atoms with Crippen LogP contribution in [-0.2, 0) is 11.8 Å². The molecule has 1 amide bonds. The van der Waals surface area contributed by atoms with Crippen LogP contribution in [0.4, 0.5) is 11.5 Å². The number of hydrogen-bond acceptors (Lipinski definition) is 3. The molecular formula is C20H21BrN4O. The summed E-state index contributed by atoms with van der Waals surface area (Å²) >= 11 is 3.45. The second-order valence-corrected chi connectivity index (χ2v) is 7.09. The number of para-hydroxylation sites is 1. The van der Waals surface area contributed by atoms with Crippen molar-refractivity contribution in [2.24, 2.45) is 7.05 Å². The monoisotopic (exact) mass is 412 g/mol. The number of hydrogen-bond donors (Lipinski definition) is 1. The van der Waals surface area contributed by atoms with Gasteiger partial charge in [-0.05, 0) is 36.8 Å². The van der Waals surface area contributed by atoms with Gasteiger partial charge in [-0.1, -0.05) is 46.3 Å². The van der Waals surface area contributed by atoms with Crippen LogP contribution in [0.1, 0.15) is 5.69 Å². The summed E-state index contributed by atoms with van der Waals surface area (Å²) in [6, 6.07) is 17.8. The number of aryl methyl sites for hydroxylation is 2. The molecule has 0 unspecified atom stereocenters. The lowest BCUT2D eigenvalue weighted by atomic mass is 10.1. The van der Waals surface area contributed by atoms with Gasteiger partial charge in [-0.15, -0.1) is 0 Å². The highest BCUT2D eigenvalue weighted by Crippen LogP contribution is 2.31. The maximum atomic E-state index is 12.6. The third-order valence-electron chi connectivity index (χ3n) is 4.19. The Morgan fingerprint density at radius 2 is 1.81 bits per heavy atom. The number of anilines is 2. The number of carbonyl (C=O) groups excluding carboxylic acids is 1. The molecule has 1 heterocycles. The predicted molar refractivity (Wildman–Crippen MR) is 109 cm³/mol. The van der Waals surface area contributed by atoms with Crippen LogP contribution in [0.2, 0.25) is 0 Å². The van der Waals surface area contributed by atoms with Crippen LogP contribution in [0.3, 0.4) is 0 Å². The molecule has 0 spiro atoms. The molecule has 0 aliphatic carbocycles. The van der Waals surface area contributed by atoms with Crippen molar-refractivity contribution in [1.82, 2.24) is 9.78 Å². The molecule has 0 bridgehead atoms. The number of halogens is 1. The molecule has 26 heavy (non-hydrogen) atoms. The van der Waals surface area contributed by atoms with E-state index >= 15 is 0 Å². The number of nitrogens with zero attached hydrogens (tertiary/aromatic N) is 3. The molecule has 5 nitrogen and oxygen atoms in total. The fraction of sp³-hybridized carbons (Fsp3) is 0.200. The van der Waals surface area contributed by atoms with E-state index in [9.17, 15) is 4.79 Å². The molecule has 1 aromatic heterocycles.